The number of rotatable bonds is 5. The van der Waals surface area contributed by atoms with Gasteiger partial charge in [0, 0.05) is 45.8 Å². The van der Waals surface area contributed by atoms with Crippen molar-refractivity contribution in [1.29, 1.82) is 0 Å². The van der Waals surface area contributed by atoms with Crippen molar-refractivity contribution in [3.05, 3.63) is 12.2 Å². The molecule has 0 aromatic carbocycles. The quantitative estimate of drug-likeness (QED) is 0.466. The van der Waals surface area contributed by atoms with Gasteiger partial charge < -0.3 is 10.6 Å². The van der Waals surface area contributed by atoms with Crippen molar-refractivity contribution in [1.82, 2.24) is 15.5 Å². The van der Waals surface area contributed by atoms with Gasteiger partial charge in [-0.05, 0) is 6.92 Å². The fourth-order valence-electron chi connectivity index (χ4n) is 1.47. The maximum atomic E-state index is 3.85. The van der Waals surface area contributed by atoms with Crippen molar-refractivity contribution in [2.45, 2.75) is 6.92 Å². The van der Waals surface area contributed by atoms with Crippen molar-refractivity contribution in [3.8, 4) is 0 Å². The lowest BCUT2D eigenvalue weighted by molar-refractivity contribution is 0.242. The molecule has 1 saturated heterocycles. The molecule has 0 spiro atoms. The first-order valence-electron chi connectivity index (χ1n) is 5.07. The Morgan fingerprint density at radius 2 is 2.15 bits per heavy atom. The Balaban J connectivity index is 1.95. The van der Waals surface area contributed by atoms with Crippen LogP contribution in [-0.4, -0.2) is 50.7 Å². The van der Waals surface area contributed by atoms with E-state index in [4.69, 9.17) is 0 Å². The molecule has 1 fully saturated rings. The number of nitrogens with zero attached hydrogens (tertiary/aromatic N) is 1. The highest BCUT2D eigenvalue weighted by Crippen LogP contribution is 1.90. The van der Waals surface area contributed by atoms with Crippen LogP contribution in [0.4, 0.5) is 0 Å². The summed E-state index contributed by atoms with van der Waals surface area (Å²) in [6, 6.07) is 0. The van der Waals surface area contributed by atoms with Crippen molar-refractivity contribution >= 4 is 0 Å². The fraction of sp³-hybridized carbons (Fsp3) is 0.800. The van der Waals surface area contributed by atoms with Crippen LogP contribution in [0.1, 0.15) is 6.92 Å². The summed E-state index contributed by atoms with van der Waals surface area (Å²) in [5.74, 6) is 0. The fourth-order valence-corrected chi connectivity index (χ4v) is 1.47. The molecule has 0 atom stereocenters. The zero-order chi connectivity index (χ0) is 9.52. The summed E-state index contributed by atoms with van der Waals surface area (Å²) in [6.45, 7) is 13.8. The Morgan fingerprint density at radius 1 is 1.46 bits per heavy atom. The summed E-state index contributed by atoms with van der Waals surface area (Å²) in [5.41, 5.74) is 1.21. The van der Waals surface area contributed by atoms with E-state index in [0.29, 0.717) is 0 Å². The molecule has 2 N–H and O–H groups in total. The summed E-state index contributed by atoms with van der Waals surface area (Å²) >= 11 is 0. The molecule has 3 nitrogen and oxygen atoms in total. The highest BCUT2D eigenvalue weighted by Gasteiger charge is 2.07. The molecule has 0 aliphatic carbocycles. The van der Waals surface area contributed by atoms with Crippen LogP contribution in [0.3, 0.4) is 0 Å². The van der Waals surface area contributed by atoms with Crippen LogP contribution in [-0.2, 0) is 0 Å². The molecule has 1 aliphatic rings. The van der Waals surface area contributed by atoms with Gasteiger partial charge in [0.05, 0.1) is 0 Å². The molecule has 0 saturated carbocycles. The maximum Gasteiger partial charge on any atom is 0.0159 e. The normalized spacial score (nSPS) is 18.8. The smallest absolute Gasteiger partial charge is 0.0159 e. The van der Waals surface area contributed by atoms with Gasteiger partial charge in [0.25, 0.3) is 0 Å². The van der Waals surface area contributed by atoms with Crippen LogP contribution in [0.5, 0.6) is 0 Å². The van der Waals surface area contributed by atoms with Crippen LogP contribution in [0.2, 0.25) is 0 Å². The minimum atomic E-state index is 0.950. The van der Waals surface area contributed by atoms with Gasteiger partial charge >= 0.3 is 0 Å². The van der Waals surface area contributed by atoms with E-state index in [9.17, 15) is 0 Å². The summed E-state index contributed by atoms with van der Waals surface area (Å²) < 4.78 is 0. The molecule has 76 valence electrons. The molecular formula is C10H21N3. The molecule has 0 aromatic heterocycles. The zero-order valence-electron chi connectivity index (χ0n) is 8.60. The Bertz CT molecular complexity index is 150. The lowest BCUT2D eigenvalue weighted by atomic mass is 10.3. The average molecular weight is 183 g/mol. The van der Waals surface area contributed by atoms with E-state index in [1.165, 1.54) is 18.7 Å². The Labute approximate surface area is 81.2 Å². The SMILES string of the molecule is C=C(C)CNCCN1CCNCC1. The number of hydrogen-bond donors (Lipinski definition) is 2. The summed E-state index contributed by atoms with van der Waals surface area (Å²) in [7, 11) is 0. The van der Waals surface area contributed by atoms with Crippen LogP contribution < -0.4 is 10.6 Å². The molecule has 1 heterocycles. The number of nitrogens with one attached hydrogen (secondary N) is 2. The number of piperazine rings is 1. The third kappa shape index (κ3) is 5.03. The van der Waals surface area contributed by atoms with Crippen LogP contribution in [0.15, 0.2) is 12.2 Å². The van der Waals surface area contributed by atoms with Gasteiger partial charge in [-0.15, -0.1) is 0 Å². The lowest BCUT2D eigenvalue weighted by Crippen LogP contribution is -2.45. The third-order valence-electron chi connectivity index (χ3n) is 2.24. The van der Waals surface area contributed by atoms with Gasteiger partial charge in [0.15, 0.2) is 0 Å². The van der Waals surface area contributed by atoms with Crippen molar-refractivity contribution < 1.29 is 0 Å². The van der Waals surface area contributed by atoms with Crippen LogP contribution in [0.25, 0.3) is 0 Å². The minimum absolute atomic E-state index is 0.950. The first kappa shape index (κ1) is 10.7. The third-order valence-corrected chi connectivity index (χ3v) is 2.24. The Hall–Kier alpha value is -0.380. The van der Waals surface area contributed by atoms with E-state index in [0.717, 1.165) is 32.7 Å². The Morgan fingerprint density at radius 3 is 2.77 bits per heavy atom. The molecule has 0 amide bonds. The molecule has 0 radical (unpaired) electrons. The molecule has 0 bridgehead atoms. The second-order valence-electron chi connectivity index (χ2n) is 3.73. The monoisotopic (exact) mass is 183 g/mol. The van der Waals surface area contributed by atoms with Gasteiger partial charge in [0.2, 0.25) is 0 Å². The summed E-state index contributed by atoms with van der Waals surface area (Å²) in [4.78, 5) is 2.49. The van der Waals surface area contributed by atoms with Crippen molar-refractivity contribution in [3.63, 3.8) is 0 Å². The van der Waals surface area contributed by atoms with E-state index in [2.05, 4.69) is 29.0 Å². The first-order valence-corrected chi connectivity index (χ1v) is 5.07. The van der Waals surface area contributed by atoms with E-state index in [1.807, 2.05) is 0 Å². The predicted molar refractivity (Wildman–Crippen MR) is 57.0 cm³/mol. The second-order valence-corrected chi connectivity index (χ2v) is 3.73. The first-order chi connectivity index (χ1) is 6.29. The second kappa shape index (κ2) is 6.13. The molecule has 0 aromatic rings. The molecule has 3 heteroatoms. The van der Waals surface area contributed by atoms with E-state index >= 15 is 0 Å². The number of hydrogen-bond acceptors (Lipinski definition) is 3. The van der Waals surface area contributed by atoms with Crippen molar-refractivity contribution in [2.24, 2.45) is 0 Å². The largest absolute Gasteiger partial charge is 0.314 e. The molecule has 1 rings (SSSR count). The van der Waals surface area contributed by atoms with Gasteiger partial charge in [0.1, 0.15) is 0 Å². The van der Waals surface area contributed by atoms with Crippen LogP contribution >= 0.6 is 0 Å². The van der Waals surface area contributed by atoms with Gasteiger partial charge in [-0.3, -0.25) is 4.90 Å². The molecule has 1 aliphatic heterocycles. The highest BCUT2D eigenvalue weighted by atomic mass is 15.2. The van der Waals surface area contributed by atoms with E-state index < -0.39 is 0 Å². The minimum Gasteiger partial charge on any atom is -0.314 e. The highest BCUT2D eigenvalue weighted by molar-refractivity contribution is 4.90. The van der Waals surface area contributed by atoms with E-state index in [-0.39, 0.29) is 0 Å². The van der Waals surface area contributed by atoms with Gasteiger partial charge in [-0.2, -0.15) is 0 Å². The standard InChI is InChI=1S/C10H21N3/c1-10(2)9-12-5-8-13-6-3-11-4-7-13/h11-12H,1,3-9H2,2H3. The Kier molecular flexibility index (Phi) is 5.05. The maximum absolute atomic E-state index is 3.85. The van der Waals surface area contributed by atoms with Gasteiger partial charge in [-0.25, -0.2) is 0 Å². The van der Waals surface area contributed by atoms with E-state index in [1.54, 1.807) is 0 Å². The lowest BCUT2D eigenvalue weighted by Gasteiger charge is -2.27. The van der Waals surface area contributed by atoms with Gasteiger partial charge in [-0.1, -0.05) is 12.2 Å². The van der Waals surface area contributed by atoms with Crippen molar-refractivity contribution in [2.75, 3.05) is 45.8 Å². The molecule has 0 unspecified atom stereocenters. The van der Waals surface area contributed by atoms with Crippen LogP contribution in [0, 0.1) is 0 Å². The zero-order valence-corrected chi connectivity index (χ0v) is 8.60. The predicted octanol–water partition coefficient (Wildman–Crippen LogP) is 0.0573. The topological polar surface area (TPSA) is 27.3 Å². The summed E-state index contributed by atoms with van der Waals surface area (Å²) in [5, 5.41) is 6.72. The molecular weight excluding hydrogens is 162 g/mol. The average Bonchev–Trinajstić information content (AvgIpc) is 2.14. The molecule has 13 heavy (non-hydrogen) atoms. The summed E-state index contributed by atoms with van der Waals surface area (Å²) in [6.07, 6.45) is 0.